The van der Waals surface area contributed by atoms with E-state index in [1.165, 1.54) is 0 Å². The molecule has 78 valence electrons. The van der Waals surface area contributed by atoms with Gasteiger partial charge in [0.2, 0.25) is 0 Å². The largest absolute Gasteiger partial charge is 0.370 e. The lowest BCUT2D eigenvalue weighted by Gasteiger charge is -2.20. The van der Waals surface area contributed by atoms with Gasteiger partial charge in [0.25, 0.3) is 0 Å². The van der Waals surface area contributed by atoms with E-state index in [0.717, 1.165) is 5.82 Å². The van der Waals surface area contributed by atoms with Crippen LogP contribution in [-0.4, -0.2) is 21.5 Å². The summed E-state index contributed by atoms with van der Waals surface area (Å²) in [5, 5.41) is 3.07. The molecule has 1 aromatic heterocycles. The topological polar surface area (TPSA) is 79.1 Å². The number of nitrogens with two attached hydrogens (primary N) is 1. The molecule has 14 heavy (non-hydrogen) atoms. The molecular weight excluding hydrogens is 178 g/mol. The minimum Gasteiger partial charge on any atom is -0.370 e. The van der Waals surface area contributed by atoms with E-state index in [4.69, 9.17) is 5.73 Å². The average molecular weight is 195 g/mol. The predicted molar refractivity (Wildman–Crippen MR) is 56.8 cm³/mol. The van der Waals surface area contributed by atoms with Crippen LogP contribution in [0.5, 0.6) is 0 Å². The van der Waals surface area contributed by atoms with Crippen LogP contribution in [0.4, 0.5) is 0 Å². The van der Waals surface area contributed by atoms with Crippen LogP contribution in [0.2, 0.25) is 0 Å². The first-order chi connectivity index (χ1) is 6.47. The lowest BCUT2D eigenvalue weighted by Crippen LogP contribution is -2.45. The van der Waals surface area contributed by atoms with Crippen LogP contribution >= 0.6 is 0 Å². The van der Waals surface area contributed by atoms with E-state index < -0.39 is 0 Å². The van der Waals surface area contributed by atoms with Gasteiger partial charge in [-0.25, -0.2) is 9.98 Å². The van der Waals surface area contributed by atoms with E-state index in [9.17, 15) is 0 Å². The van der Waals surface area contributed by atoms with Gasteiger partial charge in [-0.2, -0.15) is 0 Å². The summed E-state index contributed by atoms with van der Waals surface area (Å²) in [6.07, 6.45) is 3.45. The fourth-order valence-electron chi connectivity index (χ4n) is 0.968. The molecule has 4 N–H and O–H groups in total. The second kappa shape index (κ2) is 4.13. The Morgan fingerprint density at radius 2 is 2.36 bits per heavy atom. The molecule has 0 fully saturated rings. The first kappa shape index (κ1) is 10.6. The van der Waals surface area contributed by atoms with Crippen molar-refractivity contribution < 1.29 is 0 Å². The second-order valence-electron chi connectivity index (χ2n) is 4.11. The molecule has 0 bridgehead atoms. The Hall–Kier alpha value is -1.52. The van der Waals surface area contributed by atoms with E-state index in [-0.39, 0.29) is 5.54 Å². The van der Waals surface area contributed by atoms with Gasteiger partial charge in [-0.3, -0.25) is 0 Å². The zero-order valence-corrected chi connectivity index (χ0v) is 8.83. The molecule has 5 nitrogen and oxygen atoms in total. The van der Waals surface area contributed by atoms with Crippen LogP contribution in [-0.2, 0) is 6.54 Å². The van der Waals surface area contributed by atoms with Gasteiger partial charge in [0, 0.05) is 17.9 Å². The van der Waals surface area contributed by atoms with Crippen molar-refractivity contribution in [2.24, 2.45) is 10.7 Å². The zero-order chi connectivity index (χ0) is 10.6. The minimum atomic E-state index is -0.0588. The number of hydrogen-bond donors (Lipinski definition) is 3. The first-order valence-corrected chi connectivity index (χ1v) is 4.54. The molecule has 0 spiro atoms. The van der Waals surface area contributed by atoms with Crippen molar-refractivity contribution in [3.63, 3.8) is 0 Å². The van der Waals surface area contributed by atoms with Gasteiger partial charge in [-0.1, -0.05) is 0 Å². The van der Waals surface area contributed by atoms with Crippen LogP contribution in [0.15, 0.2) is 17.4 Å². The van der Waals surface area contributed by atoms with Gasteiger partial charge in [0.15, 0.2) is 5.96 Å². The van der Waals surface area contributed by atoms with Crippen molar-refractivity contribution in [1.82, 2.24) is 15.3 Å². The van der Waals surface area contributed by atoms with Crippen LogP contribution in [0.1, 0.15) is 26.6 Å². The maximum atomic E-state index is 5.67. The summed E-state index contributed by atoms with van der Waals surface area (Å²) < 4.78 is 0. The standard InChI is InChI=1S/C9H17N5/c1-9(2,3)14-8(10)13-6-7-11-4-5-12-7/h4-5H,6H2,1-3H3,(H,11,12)(H3,10,13,14). The molecule has 0 aromatic carbocycles. The normalized spacial score (nSPS) is 12.9. The smallest absolute Gasteiger partial charge is 0.189 e. The molecule has 0 radical (unpaired) electrons. The number of imidazole rings is 1. The molecular formula is C9H17N5. The summed E-state index contributed by atoms with van der Waals surface area (Å²) in [7, 11) is 0. The lowest BCUT2D eigenvalue weighted by molar-refractivity contribution is 0.508. The first-order valence-electron chi connectivity index (χ1n) is 4.54. The zero-order valence-electron chi connectivity index (χ0n) is 8.83. The van der Waals surface area contributed by atoms with E-state index >= 15 is 0 Å². The maximum absolute atomic E-state index is 5.67. The van der Waals surface area contributed by atoms with Crippen molar-refractivity contribution >= 4 is 5.96 Å². The highest BCUT2D eigenvalue weighted by Crippen LogP contribution is 1.97. The van der Waals surface area contributed by atoms with Crippen molar-refractivity contribution in [2.75, 3.05) is 0 Å². The maximum Gasteiger partial charge on any atom is 0.189 e. The fraction of sp³-hybridized carbons (Fsp3) is 0.556. The number of aliphatic imine (C=N–C) groups is 1. The third-order valence-corrected chi connectivity index (χ3v) is 1.46. The van der Waals surface area contributed by atoms with Crippen LogP contribution in [0.3, 0.4) is 0 Å². The van der Waals surface area contributed by atoms with Gasteiger partial charge in [-0.05, 0) is 20.8 Å². The van der Waals surface area contributed by atoms with Crippen LogP contribution in [0, 0.1) is 0 Å². The van der Waals surface area contributed by atoms with E-state index in [2.05, 4.69) is 20.3 Å². The Balaban J connectivity index is 2.45. The Morgan fingerprint density at radius 1 is 1.64 bits per heavy atom. The lowest BCUT2D eigenvalue weighted by atomic mass is 10.1. The quantitative estimate of drug-likeness (QED) is 0.478. The molecule has 1 heterocycles. The molecule has 0 amide bonds. The van der Waals surface area contributed by atoms with Crippen LogP contribution in [0.25, 0.3) is 0 Å². The number of guanidine groups is 1. The summed E-state index contributed by atoms with van der Waals surface area (Å²) in [5.41, 5.74) is 5.61. The number of nitrogens with one attached hydrogen (secondary N) is 2. The molecule has 1 aromatic rings. The number of H-pyrrole nitrogens is 1. The summed E-state index contributed by atoms with van der Waals surface area (Å²) in [5.74, 6) is 1.25. The van der Waals surface area contributed by atoms with Gasteiger partial charge >= 0.3 is 0 Å². The second-order valence-corrected chi connectivity index (χ2v) is 4.11. The SMILES string of the molecule is CC(C)(C)NC(N)=NCc1ncc[nH]1. The van der Waals surface area contributed by atoms with Gasteiger partial charge < -0.3 is 16.0 Å². The Bertz CT molecular complexity index is 294. The van der Waals surface area contributed by atoms with Crippen molar-refractivity contribution in [3.8, 4) is 0 Å². The highest BCUT2D eigenvalue weighted by atomic mass is 15.1. The number of nitrogens with zero attached hydrogens (tertiary/aromatic N) is 2. The number of aromatic nitrogens is 2. The summed E-state index contributed by atoms with van der Waals surface area (Å²) in [4.78, 5) is 11.1. The monoisotopic (exact) mass is 195 g/mol. The molecule has 0 aliphatic heterocycles. The van der Waals surface area contributed by atoms with Crippen LogP contribution < -0.4 is 11.1 Å². The van der Waals surface area contributed by atoms with Gasteiger partial charge in [-0.15, -0.1) is 0 Å². The Morgan fingerprint density at radius 3 is 2.86 bits per heavy atom. The number of rotatable bonds is 2. The molecule has 0 unspecified atom stereocenters. The fourth-order valence-corrected chi connectivity index (χ4v) is 0.968. The third-order valence-electron chi connectivity index (χ3n) is 1.46. The van der Waals surface area contributed by atoms with Crippen molar-refractivity contribution in [2.45, 2.75) is 32.9 Å². The molecule has 0 aliphatic rings. The van der Waals surface area contributed by atoms with Crippen molar-refractivity contribution in [3.05, 3.63) is 18.2 Å². The van der Waals surface area contributed by atoms with E-state index in [1.54, 1.807) is 12.4 Å². The highest BCUT2D eigenvalue weighted by Gasteiger charge is 2.09. The molecule has 0 aliphatic carbocycles. The molecule has 0 atom stereocenters. The van der Waals surface area contributed by atoms with E-state index in [0.29, 0.717) is 12.5 Å². The minimum absolute atomic E-state index is 0.0588. The predicted octanol–water partition coefficient (Wildman–Crippen LogP) is 0.612. The molecule has 0 saturated heterocycles. The Labute approximate surface area is 83.8 Å². The number of aromatic amines is 1. The van der Waals surface area contributed by atoms with Gasteiger partial charge in [0.05, 0.1) is 0 Å². The molecule has 5 heteroatoms. The molecule has 1 rings (SSSR count). The van der Waals surface area contributed by atoms with E-state index in [1.807, 2.05) is 20.8 Å². The summed E-state index contributed by atoms with van der Waals surface area (Å²) in [6.45, 7) is 6.56. The highest BCUT2D eigenvalue weighted by molar-refractivity contribution is 5.78. The Kier molecular flexibility index (Phi) is 3.11. The van der Waals surface area contributed by atoms with Gasteiger partial charge in [0.1, 0.15) is 12.4 Å². The third kappa shape index (κ3) is 3.93. The summed E-state index contributed by atoms with van der Waals surface area (Å²) >= 11 is 0. The molecule has 0 saturated carbocycles. The summed E-state index contributed by atoms with van der Waals surface area (Å²) in [6, 6.07) is 0. The van der Waals surface area contributed by atoms with Crippen molar-refractivity contribution in [1.29, 1.82) is 0 Å². The number of hydrogen-bond acceptors (Lipinski definition) is 2. The average Bonchev–Trinajstić information content (AvgIpc) is 2.49.